The lowest BCUT2D eigenvalue weighted by atomic mass is 9.93. The molecule has 7 heteroatoms. The number of carbonyl (C=O) groups excluding carboxylic acids is 1. The molecule has 1 N–H and O–H groups in total. The highest BCUT2D eigenvalue weighted by Gasteiger charge is 2.24. The SMILES string of the molecule is COCC(=O)NC1CCC(Oc2ncc(Cl)cn2)CC1. The van der Waals surface area contributed by atoms with Gasteiger partial charge in [-0.25, -0.2) is 9.97 Å². The van der Waals surface area contributed by atoms with Crippen molar-refractivity contribution in [2.75, 3.05) is 13.7 Å². The zero-order valence-corrected chi connectivity index (χ0v) is 12.1. The first-order valence-electron chi connectivity index (χ1n) is 6.60. The third-order valence-electron chi connectivity index (χ3n) is 3.18. The van der Waals surface area contributed by atoms with Gasteiger partial charge in [-0.3, -0.25) is 4.79 Å². The molecule has 0 unspecified atom stereocenters. The van der Waals surface area contributed by atoms with Gasteiger partial charge in [-0.1, -0.05) is 11.6 Å². The molecule has 6 nitrogen and oxygen atoms in total. The van der Waals surface area contributed by atoms with Crippen LogP contribution in [0.25, 0.3) is 0 Å². The first-order chi connectivity index (χ1) is 9.67. The Kier molecular flexibility index (Phi) is 5.55. The highest BCUT2D eigenvalue weighted by atomic mass is 35.5. The maximum atomic E-state index is 11.4. The Morgan fingerprint density at radius 3 is 2.60 bits per heavy atom. The smallest absolute Gasteiger partial charge is 0.316 e. The summed E-state index contributed by atoms with van der Waals surface area (Å²) in [6.07, 6.45) is 6.61. The molecule has 2 rings (SSSR count). The molecule has 0 radical (unpaired) electrons. The van der Waals surface area contributed by atoms with Gasteiger partial charge in [0.15, 0.2) is 0 Å². The maximum absolute atomic E-state index is 11.4. The van der Waals surface area contributed by atoms with Gasteiger partial charge in [-0.2, -0.15) is 0 Å². The fraction of sp³-hybridized carbons (Fsp3) is 0.615. The Balaban J connectivity index is 1.74. The molecule has 1 saturated carbocycles. The molecule has 1 aromatic rings. The molecule has 0 spiro atoms. The fourth-order valence-corrected chi connectivity index (χ4v) is 2.33. The van der Waals surface area contributed by atoms with E-state index in [2.05, 4.69) is 15.3 Å². The summed E-state index contributed by atoms with van der Waals surface area (Å²) in [5, 5.41) is 3.43. The van der Waals surface area contributed by atoms with Gasteiger partial charge in [0.25, 0.3) is 0 Å². The normalized spacial score (nSPS) is 22.3. The summed E-state index contributed by atoms with van der Waals surface area (Å²) in [5.74, 6) is -0.0714. The van der Waals surface area contributed by atoms with Gasteiger partial charge >= 0.3 is 6.01 Å². The Morgan fingerprint density at radius 1 is 1.35 bits per heavy atom. The van der Waals surface area contributed by atoms with Crippen molar-refractivity contribution in [1.82, 2.24) is 15.3 Å². The predicted molar refractivity (Wildman–Crippen MR) is 73.7 cm³/mol. The first-order valence-corrected chi connectivity index (χ1v) is 6.97. The van der Waals surface area contributed by atoms with Gasteiger partial charge in [-0.05, 0) is 25.7 Å². The highest BCUT2D eigenvalue weighted by molar-refractivity contribution is 6.30. The number of ether oxygens (including phenoxy) is 2. The quantitative estimate of drug-likeness (QED) is 0.893. The summed E-state index contributed by atoms with van der Waals surface area (Å²) in [7, 11) is 1.51. The molecule has 0 saturated heterocycles. The van der Waals surface area contributed by atoms with E-state index in [4.69, 9.17) is 21.1 Å². The van der Waals surface area contributed by atoms with Crippen molar-refractivity contribution in [3.05, 3.63) is 17.4 Å². The maximum Gasteiger partial charge on any atom is 0.316 e. The number of rotatable bonds is 5. The lowest BCUT2D eigenvalue weighted by Gasteiger charge is -2.28. The molecule has 1 aliphatic rings. The molecule has 0 aromatic carbocycles. The minimum absolute atomic E-state index is 0.0714. The number of amides is 1. The van der Waals surface area contributed by atoms with Gasteiger partial charge in [0, 0.05) is 13.2 Å². The topological polar surface area (TPSA) is 73.3 Å². The summed E-state index contributed by atoms with van der Waals surface area (Å²) in [6, 6.07) is 0.546. The lowest BCUT2D eigenvalue weighted by Crippen LogP contribution is -2.41. The van der Waals surface area contributed by atoms with Crippen LogP contribution in [0.1, 0.15) is 25.7 Å². The summed E-state index contributed by atoms with van der Waals surface area (Å²) >= 11 is 5.72. The Labute approximate surface area is 122 Å². The van der Waals surface area contributed by atoms with Crippen LogP contribution in [-0.2, 0) is 9.53 Å². The van der Waals surface area contributed by atoms with Gasteiger partial charge < -0.3 is 14.8 Å². The van der Waals surface area contributed by atoms with E-state index in [-0.39, 0.29) is 24.7 Å². The van der Waals surface area contributed by atoms with Crippen LogP contribution in [0, 0.1) is 0 Å². The Bertz CT molecular complexity index is 433. The van der Waals surface area contributed by atoms with E-state index < -0.39 is 0 Å². The number of nitrogens with one attached hydrogen (secondary N) is 1. The van der Waals surface area contributed by atoms with E-state index >= 15 is 0 Å². The summed E-state index contributed by atoms with van der Waals surface area (Å²) in [4.78, 5) is 19.4. The van der Waals surface area contributed by atoms with Gasteiger partial charge in [0.2, 0.25) is 5.91 Å². The van der Waals surface area contributed by atoms with Crippen LogP contribution in [0.2, 0.25) is 5.02 Å². The largest absolute Gasteiger partial charge is 0.460 e. The summed E-state index contributed by atoms with van der Waals surface area (Å²) < 4.78 is 10.5. The van der Waals surface area contributed by atoms with Crippen LogP contribution < -0.4 is 10.1 Å². The van der Waals surface area contributed by atoms with Crippen LogP contribution in [0.4, 0.5) is 0 Å². The molecule has 0 bridgehead atoms. The molecule has 1 aromatic heterocycles. The monoisotopic (exact) mass is 299 g/mol. The van der Waals surface area contributed by atoms with Crippen molar-refractivity contribution >= 4 is 17.5 Å². The Morgan fingerprint density at radius 2 is 2.00 bits per heavy atom. The van der Waals surface area contributed by atoms with Crippen LogP contribution in [0.5, 0.6) is 6.01 Å². The molecule has 1 heterocycles. The summed E-state index contributed by atoms with van der Waals surface area (Å²) in [5.41, 5.74) is 0. The lowest BCUT2D eigenvalue weighted by molar-refractivity contribution is -0.125. The average molecular weight is 300 g/mol. The highest BCUT2D eigenvalue weighted by Crippen LogP contribution is 2.22. The van der Waals surface area contributed by atoms with Crippen LogP contribution in [0.3, 0.4) is 0 Å². The van der Waals surface area contributed by atoms with Crippen molar-refractivity contribution in [2.45, 2.75) is 37.8 Å². The zero-order chi connectivity index (χ0) is 14.4. The molecular weight excluding hydrogens is 282 g/mol. The number of nitrogens with zero attached hydrogens (tertiary/aromatic N) is 2. The second-order valence-electron chi connectivity index (χ2n) is 4.78. The standard InChI is InChI=1S/C13H18ClN3O3/c1-19-8-12(18)17-10-2-4-11(5-3-10)20-13-15-6-9(14)7-16-13/h6-7,10-11H,2-5,8H2,1H3,(H,17,18). The second-order valence-corrected chi connectivity index (χ2v) is 5.21. The third kappa shape index (κ3) is 4.61. The zero-order valence-electron chi connectivity index (χ0n) is 11.3. The van der Waals surface area contributed by atoms with Crippen LogP contribution >= 0.6 is 11.6 Å². The summed E-state index contributed by atoms with van der Waals surface area (Å²) in [6.45, 7) is 0.106. The molecular formula is C13H18ClN3O3. The molecule has 20 heavy (non-hydrogen) atoms. The number of halogens is 1. The minimum Gasteiger partial charge on any atom is -0.460 e. The van der Waals surface area contributed by atoms with Gasteiger partial charge in [0.1, 0.15) is 12.7 Å². The van der Waals surface area contributed by atoms with Crippen LogP contribution in [-0.4, -0.2) is 41.7 Å². The molecule has 0 aliphatic heterocycles. The van der Waals surface area contributed by atoms with Crippen molar-refractivity contribution < 1.29 is 14.3 Å². The van der Waals surface area contributed by atoms with Gasteiger partial charge in [0.05, 0.1) is 17.4 Å². The van der Waals surface area contributed by atoms with E-state index in [0.29, 0.717) is 11.0 Å². The van der Waals surface area contributed by atoms with Crippen LogP contribution in [0.15, 0.2) is 12.4 Å². The minimum atomic E-state index is -0.0714. The number of carbonyl (C=O) groups is 1. The number of hydrogen-bond donors (Lipinski definition) is 1. The first kappa shape index (κ1) is 15.0. The number of methoxy groups -OCH3 is 1. The number of hydrogen-bond acceptors (Lipinski definition) is 5. The van der Waals surface area contributed by atoms with Crippen molar-refractivity contribution in [3.8, 4) is 6.01 Å². The molecule has 110 valence electrons. The predicted octanol–water partition coefficient (Wildman–Crippen LogP) is 1.58. The van der Waals surface area contributed by atoms with E-state index in [1.807, 2.05) is 0 Å². The van der Waals surface area contributed by atoms with E-state index in [1.165, 1.54) is 19.5 Å². The molecule has 1 amide bonds. The molecule has 0 atom stereocenters. The molecule has 1 aliphatic carbocycles. The third-order valence-corrected chi connectivity index (χ3v) is 3.38. The van der Waals surface area contributed by atoms with Crippen molar-refractivity contribution in [3.63, 3.8) is 0 Å². The second kappa shape index (κ2) is 7.40. The molecule has 1 fully saturated rings. The van der Waals surface area contributed by atoms with Crippen molar-refractivity contribution in [2.24, 2.45) is 0 Å². The number of aromatic nitrogens is 2. The average Bonchev–Trinajstić information content (AvgIpc) is 2.44. The fourth-order valence-electron chi connectivity index (χ4n) is 2.24. The van der Waals surface area contributed by atoms with Gasteiger partial charge in [-0.15, -0.1) is 0 Å². The van der Waals surface area contributed by atoms with E-state index in [9.17, 15) is 4.79 Å². The Hall–Kier alpha value is -1.40. The van der Waals surface area contributed by atoms with Crippen molar-refractivity contribution in [1.29, 1.82) is 0 Å². The van der Waals surface area contributed by atoms with E-state index in [0.717, 1.165) is 25.7 Å². The van der Waals surface area contributed by atoms with E-state index in [1.54, 1.807) is 0 Å².